The van der Waals surface area contributed by atoms with Crippen molar-refractivity contribution in [3.05, 3.63) is 47.4 Å². The molecule has 0 bridgehead atoms. The van der Waals surface area contributed by atoms with Crippen molar-refractivity contribution < 1.29 is 18.4 Å². The number of aromatic nitrogens is 2. The minimum atomic E-state index is -0.544. The van der Waals surface area contributed by atoms with E-state index < -0.39 is 6.04 Å². The molecule has 1 unspecified atom stereocenters. The third-order valence-corrected chi connectivity index (χ3v) is 3.15. The Morgan fingerprint density at radius 3 is 2.70 bits per heavy atom. The normalized spacial score (nSPS) is 12.4. The Morgan fingerprint density at radius 2 is 2.09 bits per heavy atom. The predicted octanol–water partition coefficient (Wildman–Crippen LogP) is 1.27. The highest BCUT2D eigenvalue weighted by Gasteiger charge is 2.23. The van der Waals surface area contributed by atoms with E-state index in [9.17, 15) is 9.18 Å². The lowest BCUT2D eigenvalue weighted by molar-refractivity contribution is -0.126. The van der Waals surface area contributed by atoms with Crippen molar-refractivity contribution in [2.45, 2.75) is 19.2 Å². The second-order valence-electron chi connectivity index (χ2n) is 5.17. The van der Waals surface area contributed by atoms with Crippen LogP contribution in [0.4, 0.5) is 4.39 Å². The van der Waals surface area contributed by atoms with Gasteiger partial charge in [-0.15, -0.1) is 0 Å². The molecular formula is C15H19FN4O3. The standard InChI is InChI=1S/C15H19FN4O3/c1-20(2)14(10-4-6-11(16)7-5-10)15(21)17-8-13-18-12(9-22-3)19-23-13/h4-7,14H,8-9H2,1-3H3,(H,17,21). The molecule has 1 N–H and O–H groups in total. The Balaban J connectivity index is 2.02. The van der Waals surface area contributed by atoms with Gasteiger partial charge in [-0.05, 0) is 31.8 Å². The fraction of sp³-hybridized carbons (Fsp3) is 0.400. The van der Waals surface area contributed by atoms with Crippen LogP contribution in [-0.4, -0.2) is 42.2 Å². The number of benzene rings is 1. The zero-order valence-electron chi connectivity index (χ0n) is 13.2. The molecular weight excluding hydrogens is 303 g/mol. The van der Waals surface area contributed by atoms with E-state index in [1.807, 2.05) is 0 Å². The first kappa shape index (κ1) is 17.0. The van der Waals surface area contributed by atoms with E-state index in [1.54, 1.807) is 31.1 Å². The molecule has 0 radical (unpaired) electrons. The predicted molar refractivity (Wildman–Crippen MR) is 79.7 cm³/mol. The highest BCUT2D eigenvalue weighted by molar-refractivity contribution is 5.83. The second kappa shape index (κ2) is 7.80. The molecule has 1 heterocycles. The molecule has 2 aromatic rings. The minimum Gasteiger partial charge on any atom is -0.377 e. The summed E-state index contributed by atoms with van der Waals surface area (Å²) in [5.74, 6) is 0.123. The number of nitrogens with one attached hydrogen (secondary N) is 1. The molecule has 0 saturated heterocycles. The average Bonchev–Trinajstić information content (AvgIpc) is 2.95. The molecule has 0 saturated carbocycles. The maximum Gasteiger partial charge on any atom is 0.246 e. The number of amides is 1. The zero-order chi connectivity index (χ0) is 16.8. The summed E-state index contributed by atoms with van der Waals surface area (Å²) in [6.45, 7) is 0.356. The van der Waals surface area contributed by atoms with Crippen molar-refractivity contribution in [1.82, 2.24) is 20.4 Å². The summed E-state index contributed by atoms with van der Waals surface area (Å²) in [5, 5.41) is 6.45. The van der Waals surface area contributed by atoms with Gasteiger partial charge in [0.1, 0.15) is 18.5 Å². The third kappa shape index (κ3) is 4.57. The van der Waals surface area contributed by atoms with Crippen molar-refractivity contribution in [2.24, 2.45) is 0 Å². The van der Waals surface area contributed by atoms with Crippen LogP contribution in [-0.2, 0) is 22.7 Å². The monoisotopic (exact) mass is 322 g/mol. The Kier molecular flexibility index (Phi) is 5.78. The number of methoxy groups -OCH3 is 1. The van der Waals surface area contributed by atoms with E-state index in [0.29, 0.717) is 17.3 Å². The van der Waals surface area contributed by atoms with Gasteiger partial charge >= 0.3 is 0 Å². The fourth-order valence-electron chi connectivity index (χ4n) is 2.14. The van der Waals surface area contributed by atoms with Gasteiger partial charge in [0.15, 0.2) is 5.82 Å². The average molecular weight is 322 g/mol. The lowest BCUT2D eigenvalue weighted by Gasteiger charge is -2.23. The Labute approximate surface area is 133 Å². The lowest BCUT2D eigenvalue weighted by Crippen LogP contribution is -2.36. The van der Waals surface area contributed by atoms with Crippen molar-refractivity contribution >= 4 is 5.91 Å². The first-order valence-corrected chi connectivity index (χ1v) is 7.01. The molecule has 1 atom stereocenters. The van der Waals surface area contributed by atoms with E-state index in [2.05, 4.69) is 15.5 Å². The van der Waals surface area contributed by atoms with Crippen LogP contribution in [0.5, 0.6) is 0 Å². The van der Waals surface area contributed by atoms with Crippen molar-refractivity contribution in [3.63, 3.8) is 0 Å². The van der Waals surface area contributed by atoms with Crippen LogP contribution < -0.4 is 5.32 Å². The molecule has 0 aliphatic rings. The maximum absolute atomic E-state index is 13.0. The van der Waals surface area contributed by atoms with Gasteiger partial charge in [0.2, 0.25) is 11.8 Å². The Hall–Kier alpha value is -2.32. The number of carbonyl (C=O) groups excluding carboxylic acids is 1. The third-order valence-electron chi connectivity index (χ3n) is 3.15. The van der Waals surface area contributed by atoms with Gasteiger partial charge in [0.05, 0.1) is 6.54 Å². The first-order chi connectivity index (χ1) is 11.0. The largest absolute Gasteiger partial charge is 0.377 e. The van der Waals surface area contributed by atoms with Gasteiger partial charge in [0.25, 0.3) is 0 Å². The summed E-state index contributed by atoms with van der Waals surface area (Å²) < 4.78 is 22.9. The molecule has 1 aromatic heterocycles. The van der Waals surface area contributed by atoms with Crippen molar-refractivity contribution in [3.8, 4) is 0 Å². The van der Waals surface area contributed by atoms with Crippen LogP contribution >= 0.6 is 0 Å². The lowest BCUT2D eigenvalue weighted by atomic mass is 10.1. The number of rotatable bonds is 7. The van der Waals surface area contributed by atoms with Crippen LogP contribution in [0.3, 0.4) is 0 Å². The number of ether oxygens (including phenoxy) is 1. The van der Waals surface area contributed by atoms with E-state index in [4.69, 9.17) is 9.26 Å². The number of halogens is 1. The molecule has 1 amide bonds. The maximum atomic E-state index is 13.0. The van der Waals surface area contributed by atoms with Crippen LogP contribution in [0.1, 0.15) is 23.3 Å². The van der Waals surface area contributed by atoms with E-state index in [0.717, 1.165) is 0 Å². The van der Waals surface area contributed by atoms with Gasteiger partial charge in [0, 0.05) is 7.11 Å². The van der Waals surface area contributed by atoms with Crippen molar-refractivity contribution in [2.75, 3.05) is 21.2 Å². The molecule has 1 aromatic carbocycles. The molecule has 8 heteroatoms. The molecule has 0 spiro atoms. The van der Waals surface area contributed by atoms with E-state index >= 15 is 0 Å². The SMILES string of the molecule is COCc1noc(CNC(=O)C(c2ccc(F)cc2)N(C)C)n1. The van der Waals surface area contributed by atoms with Gasteiger partial charge in [-0.3, -0.25) is 9.69 Å². The van der Waals surface area contributed by atoms with Crippen LogP contribution in [0.2, 0.25) is 0 Å². The first-order valence-electron chi connectivity index (χ1n) is 7.01. The summed E-state index contributed by atoms with van der Waals surface area (Å²) in [7, 11) is 5.08. The van der Waals surface area contributed by atoms with Crippen LogP contribution in [0.15, 0.2) is 28.8 Å². The van der Waals surface area contributed by atoms with E-state index in [1.165, 1.54) is 19.2 Å². The molecule has 0 aliphatic carbocycles. The fourth-order valence-corrected chi connectivity index (χ4v) is 2.14. The Bertz CT molecular complexity index is 642. The van der Waals surface area contributed by atoms with Crippen LogP contribution in [0, 0.1) is 5.82 Å². The second-order valence-corrected chi connectivity index (χ2v) is 5.17. The van der Waals surface area contributed by atoms with E-state index in [-0.39, 0.29) is 24.9 Å². The number of nitrogens with zero attached hydrogens (tertiary/aromatic N) is 3. The van der Waals surface area contributed by atoms with Crippen molar-refractivity contribution in [1.29, 1.82) is 0 Å². The molecule has 2 rings (SSSR count). The highest BCUT2D eigenvalue weighted by Crippen LogP contribution is 2.19. The highest BCUT2D eigenvalue weighted by atomic mass is 19.1. The van der Waals surface area contributed by atoms with Crippen LogP contribution in [0.25, 0.3) is 0 Å². The molecule has 7 nitrogen and oxygen atoms in total. The number of carbonyl (C=O) groups is 1. The number of likely N-dealkylation sites (N-methyl/N-ethyl adjacent to an activating group) is 1. The number of hydrogen-bond acceptors (Lipinski definition) is 6. The minimum absolute atomic E-state index is 0.112. The van der Waals surface area contributed by atoms with Gasteiger partial charge in [-0.25, -0.2) is 4.39 Å². The van der Waals surface area contributed by atoms with Gasteiger partial charge < -0.3 is 14.6 Å². The summed E-state index contributed by atoms with van der Waals surface area (Å²) >= 11 is 0. The summed E-state index contributed by atoms with van der Waals surface area (Å²) in [4.78, 5) is 18.2. The molecule has 124 valence electrons. The molecule has 0 aliphatic heterocycles. The molecule has 23 heavy (non-hydrogen) atoms. The zero-order valence-corrected chi connectivity index (χ0v) is 13.2. The number of hydrogen-bond donors (Lipinski definition) is 1. The van der Waals surface area contributed by atoms with Gasteiger partial charge in [-0.1, -0.05) is 17.3 Å². The Morgan fingerprint density at radius 1 is 1.39 bits per heavy atom. The summed E-state index contributed by atoms with van der Waals surface area (Å²) in [6.07, 6.45) is 0. The van der Waals surface area contributed by atoms with Gasteiger partial charge in [-0.2, -0.15) is 4.98 Å². The summed E-state index contributed by atoms with van der Waals surface area (Å²) in [5.41, 5.74) is 0.694. The molecule has 0 fully saturated rings. The summed E-state index contributed by atoms with van der Waals surface area (Å²) in [6, 6.07) is 5.28. The quantitative estimate of drug-likeness (QED) is 0.827. The smallest absolute Gasteiger partial charge is 0.246 e. The topological polar surface area (TPSA) is 80.5 Å².